The van der Waals surface area contributed by atoms with E-state index in [9.17, 15) is 9.90 Å². The number of nitrogens with zero attached hydrogens (tertiary/aromatic N) is 1. The Morgan fingerprint density at radius 1 is 1.11 bits per heavy atom. The topological polar surface area (TPSA) is 49.8 Å². The van der Waals surface area contributed by atoms with Crippen LogP contribution in [0.2, 0.25) is 0 Å². The quantitative estimate of drug-likeness (QED) is 0.522. The predicted octanol–water partition coefficient (Wildman–Crippen LogP) is 6.46. The summed E-state index contributed by atoms with van der Waals surface area (Å²) in [5, 5.41) is 9.93. The van der Waals surface area contributed by atoms with Gasteiger partial charge in [0.1, 0.15) is 11.9 Å². The van der Waals surface area contributed by atoms with Crippen molar-refractivity contribution in [2.75, 3.05) is 0 Å². The molecule has 1 heterocycles. The summed E-state index contributed by atoms with van der Waals surface area (Å²) in [6.45, 7) is 3.13. The number of rotatable bonds is 4. The number of aromatic hydroxyl groups is 1. The summed E-state index contributed by atoms with van der Waals surface area (Å²) in [5.41, 5.74) is 4.79. The number of allylic oxidation sites excluding steroid dienone is 1. The Morgan fingerprint density at radius 3 is 2.83 bits per heavy atom. The van der Waals surface area contributed by atoms with E-state index in [1.807, 2.05) is 36.5 Å². The Morgan fingerprint density at radius 2 is 1.97 bits per heavy atom. The summed E-state index contributed by atoms with van der Waals surface area (Å²) in [6, 6.07) is 16.3. The summed E-state index contributed by atoms with van der Waals surface area (Å²) < 4.78 is 6.29. The minimum absolute atomic E-state index is 0.00320. The molecule has 2 aromatic carbocycles. The number of ether oxygens (including phenoxy) is 1. The number of benzene rings is 2. The Kier molecular flexibility index (Phi) is 5.70. The summed E-state index contributed by atoms with van der Waals surface area (Å²) in [5.74, 6) is 2.05. The van der Waals surface area contributed by atoms with Gasteiger partial charge in [0.25, 0.3) is 0 Å². The molecule has 2 aromatic rings. The average Bonchev–Trinajstić information content (AvgIpc) is 3.20. The highest BCUT2D eigenvalue weighted by molar-refractivity contribution is 5.89. The third kappa shape index (κ3) is 4.07. The second kappa shape index (κ2) is 8.89. The van der Waals surface area contributed by atoms with Crippen LogP contribution in [-0.4, -0.2) is 22.1 Å². The highest BCUT2D eigenvalue weighted by Crippen LogP contribution is 2.61. The fraction of sp³-hybridized carbons (Fsp3) is 0.452. The van der Waals surface area contributed by atoms with Gasteiger partial charge in [-0.2, -0.15) is 0 Å². The van der Waals surface area contributed by atoms with Crippen molar-refractivity contribution in [3.63, 3.8) is 0 Å². The average molecular weight is 470 g/mol. The molecule has 4 heteroatoms. The standard InChI is InChI=1S/C31H35NO3/c1-31-16-15-26-25-12-10-24(33)18-22(25)9-11-27(26)28(31)13-14-29(31)35-30(34)23-8-5-17-32(20-23)19-21-6-3-2-4-7-21/h2-7,10,12,17-18,20,26-29,33H,8-9,11,13-16,19H2,1H3/t26-,27-,28+,29+,31+/m1/s1. The number of hydrogen-bond acceptors (Lipinski definition) is 4. The van der Waals surface area contributed by atoms with Gasteiger partial charge in [0.05, 0.1) is 5.57 Å². The van der Waals surface area contributed by atoms with Crippen LogP contribution in [0.5, 0.6) is 5.75 Å². The zero-order chi connectivity index (χ0) is 24.0. The summed E-state index contributed by atoms with van der Waals surface area (Å²) >= 11 is 0. The van der Waals surface area contributed by atoms with Gasteiger partial charge >= 0.3 is 5.97 Å². The summed E-state index contributed by atoms with van der Waals surface area (Å²) in [7, 11) is 0. The van der Waals surface area contributed by atoms with Gasteiger partial charge in [-0.05, 0) is 85.1 Å². The lowest BCUT2D eigenvalue weighted by molar-refractivity contribution is -0.153. The molecule has 0 unspecified atom stereocenters. The third-order valence-corrected chi connectivity index (χ3v) is 9.30. The first-order valence-electron chi connectivity index (χ1n) is 13.2. The van der Waals surface area contributed by atoms with Crippen LogP contribution in [0.25, 0.3) is 0 Å². The van der Waals surface area contributed by atoms with Crippen molar-refractivity contribution < 1.29 is 14.6 Å². The van der Waals surface area contributed by atoms with E-state index in [2.05, 4.69) is 42.3 Å². The lowest BCUT2D eigenvalue weighted by Crippen LogP contribution is -2.45. The van der Waals surface area contributed by atoms with Gasteiger partial charge in [0, 0.05) is 30.8 Å². The monoisotopic (exact) mass is 469 g/mol. The smallest absolute Gasteiger partial charge is 0.336 e. The molecule has 0 radical (unpaired) electrons. The maximum Gasteiger partial charge on any atom is 0.336 e. The van der Waals surface area contributed by atoms with Crippen molar-refractivity contribution in [1.82, 2.24) is 4.90 Å². The third-order valence-electron chi connectivity index (χ3n) is 9.30. The Hall–Kier alpha value is -3.01. The van der Waals surface area contributed by atoms with Gasteiger partial charge in [-0.3, -0.25) is 0 Å². The molecule has 35 heavy (non-hydrogen) atoms. The molecule has 4 nitrogen and oxygen atoms in total. The van der Waals surface area contributed by atoms with Gasteiger partial charge in [-0.15, -0.1) is 0 Å². The van der Waals surface area contributed by atoms with Crippen molar-refractivity contribution in [2.45, 2.75) is 70.4 Å². The largest absolute Gasteiger partial charge is 0.508 e. The van der Waals surface area contributed by atoms with E-state index in [4.69, 9.17) is 4.74 Å². The molecule has 6 rings (SSSR count). The zero-order valence-corrected chi connectivity index (χ0v) is 20.5. The summed E-state index contributed by atoms with van der Waals surface area (Å²) in [4.78, 5) is 15.4. The fourth-order valence-electron chi connectivity index (χ4n) is 7.56. The molecule has 2 fully saturated rings. The van der Waals surface area contributed by atoms with Crippen LogP contribution in [0.1, 0.15) is 68.1 Å². The Bertz CT molecular complexity index is 1170. The van der Waals surface area contributed by atoms with Crippen LogP contribution in [0.4, 0.5) is 0 Å². The van der Waals surface area contributed by atoms with Crippen LogP contribution in [-0.2, 0) is 22.5 Å². The molecule has 1 N–H and O–H groups in total. The Balaban J connectivity index is 1.15. The van der Waals surface area contributed by atoms with Crippen molar-refractivity contribution in [3.8, 4) is 5.75 Å². The molecule has 0 aromatic heterocycles. The first kappa shape index (κ1) is 22.5. The maximum absolute atomic E-state index is 13.3. The molecule has 5 atom stereocenters. The summed E-state index contributed by atoms with van der Waals surface area (Å²) in [6.07, 6.45) is 13.3. The molecule has 3 aliphatic carbocycles. The maximum atomic E-state index is 13.3. The van der Waals surface area contributed by atoms with Gasteiger partial charge in [0.15, 0.2) is 0 Å². The van der Waals surface area contributed by atoms with Crippen LogP contribution >= 0.6 is 0 Å². The van der Waals surface area contributed by atoms with Crippen molar-refractivity contribution in [1.29, 1.82) is 0 Å². The first-order chi connectivity index (χ1) is 17.0. The molecule has 0 bridgehead atoms. The van der Waals surface area contributed by atoms with Crippen LogP contribution in [0, 0.1) is 17.3 Å². The molecule has 0 saturated heterocycles. The van der Waals surface area contributed by atoms with Gasteiger partial charge in [-0.25, -0.2) is 4.79 Å². The number of phenolic OH excluding ortho intramolecular Hbond substituents is 1. The number of esters is 1. The lowest BCUT2D eigenvalue weighted by Gasteiger charge is -2.50. The predicted molar refractivity (Wildman–Crippen MR) is 136 cm³/mol. The highest BCUT2D eigenvalue weighted by Gasteiger charge is 2.56. The van der Waals surface area contributed by atoms with Crippen molar-refractivity contribution >= 4 is 5.97 Å². The number of phenols is 1. The molecular formula is C31H35NO3. The van der Waals surface area contributed by atoms with E-state index < -0.39 is 0 Å². The lowest BCUT2D eigenvalue weighted by atomic mass is 9.55. The van der Waals surface area contributed by atoms with Crippen LogP contribution < -0.4 is 0 Å². The van der Waals surface area contributed by atoms with E-state index in [1.165, 1.54) is 23.1 Å². The number of fused-ring (bicyclic) bond motifs is 5. The number of aryl methyl sites for hydroxylation is 1. The van der Waals surface area contributed by atoms with Gasteiger partial charge < -0.3 is 14.7 Å². The zero-order valence-electron chi connectivity index (χ0n) is 20.5. The van der Waals surface area contributed by atoms with Gasteiger partial charge in [-0.1, -0.05) is 49.4 Å². The van der Waals surface area contributed by atoms with Crippen molar-refractivity contribution in [2.24, 2.45) is 17.3 Å². The molecule has 0 amide bonds. The van der Waals surface area contributed by atoms with Crippen molar-refractivity contribution in [3.05, 3.63) is 89.3 Å². The molecular weight excluding hydrogens is 434 g/mol. The fourth-order valence-corrected chi connectivity index (χ4v) is 7.56. The van der Waals surface area contributed by atoms with Crippen LogP contribution in [0.3, 0.4) is 0 Å². The number of hydrogen-bond donors (Lipinski definition) is 1. The number of carbonyl (C=O) groups is 1. The molecule has 1 aliphatic heterocycles. The van der Waals surface area contributed by atoms with Gasteiger partial charge in [0.2, 0.25) is 0 Å². The SMILES string of the molecule is C[C@]12CC[C@@H]3c4ccc(O)cc4CC[C@H]3[C@@H]1CC[C@@H]2OC(=O)C1=CN(Cc2ccccc2)C=CC1. The van der Waals surface area contributed by atoms with E-state index in [0.29, 0.717) is 29.9 Å². The molecule has 2 saturated carbocycles. The number of carbonyl (C=O) groups excluding carboxylic acids is 1. The highest BCUT2D eigenvalue weighted by atomic mass is 16.5. The normalized spacial score (nSPS) is 31.2. The van der Waals surface area contributed by atoms with E-state index >= 15 is 0 Å². The Labute approximate surface area is 208 Å². The van der Waals surface area contributed by atoms with E-state index in [0.717, 1.165) is 44.2 Å². The van der Waals surface area contributed by atoms with Crippen LogP contribution in [0.15, 0.2) is 72.6 Å². The molecule has 0 spiro atoms. The minimum Gasteiger partial charge on any atom is -0.508 e. The molecule has 182 valence electrons. The second-order valence-electron chi connectivity index (χ2n) is 11.2. The molecule has 4 aliphatic rings. The first-order valence-corrected chi connectivity index (χ1v) is 13.2. The minimum atomic E-state index is -0.147. The van der Waals surface area contributed by atoms with E-state index in [1.54, 1.807) is 0 Å². The van der Waals surface area contributed by atoms with E-state index in [-0.39, 0.29) is 17.5 Å². The second-order valence-corrected chi connectivity index (χ2v) is 11.2.